The third-order valence-corrected chi connectivity index (χ3v) is 4.30. The lowest BCUT2D eigenvalue weighted by atomic mass is 10.1. The number of hydrogen-bond acceptors (Lipinski definition) is 3. The minimum atomic E-state index is -0.0935. The van der Waals surface area contributed by atoms with Crippen molar-refractivity contribution in [3.63, 3.8) is 0 Å². The molecule has 4 nitrogen and oxygen atoms in total. The Hall–Kier alpha value is -2.33. The normalized spacial score (nSPS) is 17.0. The number of aliphatic hydroxyl groups is 1. The lowest BCUT2D eigenvalue weighted by Gasteiger charge is -2.17. The van der Waals surface area contributed by atoms with Crippen LogP contribution in [0.25, 0.3) is 0 Å². The molecule has 0 radical (unpaired) electrons. The van der Waals surface area contributed by atoms with Gasteiger partial charge in [0.25, 0.3) is 0 Å². The molecule has 4 heteroatoms. The van der Waals surface area contributed by atoms with Gasteiger partial charge in [0.2, 0.25) is 5.91 Å². The van der Waals surface area contributed by atoms with Crippen LogP contribution in [0, 0.1) is 0 Å². The second-order valence-corrected chi connectivity index (χ2v) is 6.15. The maximum absolute atomic E-state index is 11.8. The average molecular weight is 325 g/mol. The maximum Gasteiger partial charge on any atom is 0.225 e. The second-order valence-electron chi connectivity index (χ2n) is 6.15. The fraction of sp³-hybridized carbons (Fsp3) is 0.350. The average Bonchev–Trinajstić information content (AvgIpc) is 3.06. The van der Waals surface area contributed by atoms with E-state index in [0.29, 0.717) is 13.1 Å². The van der Waals surface area contributed by atoms with Crippen LogP contribution in [0.3, 0.4) is 0 Å². The minimum absolute atomic E-state index is 0.00168. The number of carbonyl (C=O) groups excluding carboxylic acids is 1. The number of ether oxygens (including phenoxy) is 1. The van der Waals surface area contributed by atoms with Gasteiger partial charge in [-0.1, -0.05) is 42.5 Å². The first-order valence-corrected chi connectivity index (χ1v) is 8.43. The summed E-state index contributed by atoms with van der Waals surface area (Å²) >= 11 is 0. The monoisotopic (exact) mass is 325 g/mol. The van der Waals surface area contributed by atoms with E-state index in [1.807, 2.05) is 18.2 Å². The third-order valence-electron chi connectivity index (χ3n) is 4.30. The number of benzene rings is 2. The smallest absolute Gasteiger partial charge is 0.225 e. The van der Waals surface area contributed by atoms with E-state index in [1.165, 1.54) is 11.1 Å². The quantitative estimate of drug-likeness (QED) is 0.888. The molecule has 2 aromatic carbocycles. The predicted octanol–water partition coefficient (Wildman–Crippen LogP) is 2.64. The molecular weight excluding hydrogens is 302 g/mol. The van der Waals surface area contributed by atoms with Crippen LogP contribution < -0.4 is 4.74 Å². The molecule has 1 amide bonds. The predicted molar refractivity (Wildman–Crippen MR) is 93.0 cm³/mol. The number of rotatable bonds is 6. The van der Waals surface area contributed by atoms with Gasteiger partial charge in [0.05, 0.1) is 13.2 Å². The Labute approximate surface area is 142 Å². The molecule has 1 aliphatic rings. The Bertz CT molecular complexity index is 654. The fourth-order valence-corrected chi connectivity index (χ4v) is 3.01. The largest absolute Gasteiger partial charge is 0.489 e. The fourth-order valence-electron chi connectivity index (χ4n) is 3.01. The molecule has 0 bridgehead atoms. The van der Waals surface area contributed by atoms with Crippen molar-refractivity contribution in [2.24, 2.45) is 0 Å². The summed E-state index contributed by atoms with van der Waals surface area (Å²) in [5, 5.41) is 8.85. The summed E-state index contributed by atoms with van der Waals surface area (Å²) in [7, 11) is 0. The molecule has 0 spiro atoms. The SMILES string of the molecule is O=C(CCO)N1CCC(Oc2ccc(Cc3ccccc3)cc2)C1. The molecule has 1 aliphatic heterocycles. The number of carbonyl (C=O) groups is 1. The molecule has 1 heterocycles. The first-order chi connectivity index (χ1) is 11.7. The summed E-state index contributed by atoms with van der Waals surface area (Å²) in [6, 6.07) is 18.6. The maximum atomic E-state index is 11.8. The van der Waals surface area contributed by atoms with Crippen LogP contribution in [0.4, 0.5) is 0 Å². The summed E-state index contributed by atoms with van der Waals surface area (Å²) in [5.41, 5.74) is 2.54. The number of nitrogens with zero attached hydrogens (tertiary/aromatic N) is 1. The van der Waals surface area contributed by atoms with E-state index in [1.54, 1.807) is 4.90 Å². The van der Waals surface area contributed by atoms with E-state index < -0.39 is 0 Å². The van der Waals surface area contributed by atoms with Gasteiger partial charge in [0.15, 0.2) is 0 Å². The van der Waals surface area contributed by atoms with E-state index in [2.05, 4.69) is 36.4 Å². The molecule has 1 saturated heterocycles. The van der Waals surface area contributed by atoms with E-state index in [0.717, 1.165) is 18.6 Å². The molecule has 24 heavy (non-hydrogen) atoms. The molecule has 1 atom stereocenters. The molecule has 0 saturated carbocycles. The van der Waals surface area contributed by atoms with Crippen molar-refractivity contribution in [3.8, 4) is 5.75 Å². The van der Waals surface area contributed by atoms with Crippen molar-refractivity contribution in [1.29, 1.82) is 0 Å². The summed E-state index contributed by atoms with van der Waals surface area (Å²) in [6.45, 7) is 1.21. The van der Waals surface area contributed by atoms with Crippen LogP contribution >= 0.6 is 0 Å². The minimum Gasteiger partial charge on any atom is -0.489 e. The Morgan fingerprint density at radius 1 is 1.08 bits per heavy atom. The highest BCUT2D eigenvalue weighted by atomic mass is 16.5. The van der Waals surface area contributed by atoms with Gasteiger partial charge in [-0.15, -0.1) is 0 Å². The van der Waals surface area contributed by atoms with Gasteiger partial charge in [-0.25, -0.2) is 0 Å². The van der Waals surface area contributed by atoms with Gasteiger partial charge in [0, 0.05) is 19.4 Å². The van der Waals surface area contributed by atoms with Gasteiger partial charge in [-0.3, -0.25) is 4.79 Å². The molecule has 2 aromatic rings. The van der Waals surface area contributed by atoms with Gasteiger partial charge in [0.1, 0.15) is 11.9 Å². The standard InChI is InChI=1S/C20H23NO3/c22-13-11-20(23)21-12-10-19(15-21)24-18-8-6-17(7-9-18)14-16-4-2-1-3-5-16/h1-9,19,22H,10-15H2. The van der Waals surface area contributed by atoms with Gasteiger partial charge >= 0.3 is 0 Å². The Morgan fingerprint density at radius 3 is 2.50 bits per heavy atom. The van der Waals surface area contributed by atoms with Gasteiger partial charge < -0.3 is 14.7 Å². The molecular formula is C20H23NO3. The highest BCUT2D eigenvalue weighted by molar-refractivity contribution is 5.76. The Kier molecular flexibility index (Phi) is 5.49. The molecule has 1 fully saturated rings. The van der Waals surface area contributed by atoms with Crippen molar-refractivity contribution < 1.29 is 14.6 Å². The van der Waals surface area contributed by atoms with Crippen molar-refractivity contribution >= 4 is 5.91 Å². The van der Waals surface area contributed by atoms with Crippen LogP contribution in [-0.4, -0.2) is 41.7 Å². The number of likely N-dealkylation sites (tertiary alicyclic amines) is 1. The van der Waals surface area contributed by atoms with Crippen LogP contribution in [0.1, 0.15) is 24.0 Å². The summed E-state index contributed by atoms with van der Waals surface area (Å²) in [6.07, 6.45) is 1.98. The number of aliphatic hydroxyl groups excluding tert-OH is 1. The zero-order chi connectivity index (χ0) is 16.8. The number of hydrogen-bond donors (Lipinski definition) is 1. The zero-order valence-electron chi connectivity index (χ0n) is 13.7. The van der Waals surface area contributed by atoms with Gasteiger partial charge in [-0.2, -0.15) is 0 Å². The van der Waals surface area contributed by atoms with Gasteiger partial charge in [-0.05, 0) is 29.7 Å². The second kappa shape index (κ2) is 7.97. The summed E-state index contributed by atoms with van der Waals surface area (Å²) in [5.74, 6) is 0.843. The van der Waals surface area contributed by atoms with Crippen molar-refractivity contribution in [3.05, 3.63) is 65.7 Å². The lowest BCUT2D eigenvalue weighted by Crippen LogP contribution is -2.31. The van der Waals surface area contributed by atoms with Crippen LogP contribution in [0.2, 0.25) is 0 Å². The van der Waals surface area contributed by atoms with E-state index in [9.17, 15) is 4.79 Å². The first kappa shape index (κ1) is 16.5. The van der Waals surface area contributed by atoms with E-state index in [-0.39, 0.29) is 25.0 Å². The topological polar surface area (TPSA) is 49.8 Å². The molecule has 3 rings (SSSR count). The summed E-state index contributed by atoms with van der Waals surface area (Å²) in [4.78, 5) is 13.5. The number of amides is 1. The molecule has 1 unspecified atom stereocenters. The van der Waals surface area contributed by atoms with Crippen LogP contribution in [0.5, 0.6) is 5.75 Å². The molecule has 0 aromatic heterocycles. The molecule has 1 N–H and O–H groups in total. The summed E-state index contributed by atoms with van der Waals surface area (Å²) < 4.78 is 5.98. The van der Waals surface area contributed by atoms with Crippen molar-refractivity contribution in [2.75, 3.05) is 19.7 Å². The Balaban J connectivity index is 1.52. The lowest BCUT2D eigenvalue weighted by molar-refractivity contribution is -0.131. The highest BCUT2D eigenvalue weighted by Crippen LogP contribution is 2.20. The van der Waals surface area contributed by atoms with E-state index in [4.69, 9.17) is 9.84 Å². The van der Waals surface area contributed by atoms with Crippen LogP contribution in [-0.2, 0) is 11.2 Å². The molecule has 126 valence electrons. The van der Waals surface area contributed by atoms with E-state index >= 15 is 0 Å². The van der Waals surface area contributed by atoms with Crippen LogP contribution in [0.15, 0.2) is 54.6 Å². The Morgan fingerprint density at radius 2 is 1.79 bits per heavy atom. The molecule has 0 aliphatic carbocycles. The van der Waals surface area contributed by atoms with Crippen molar-refractivity contribution in [2.45, 2.75) is 25.4 Å². The van der Waals surface area contributed by atoms with Crippen molar-refractivity contribution in [1.82, 2.24) is 4.90 Å². The zero-order valence-corrected chi connectivity index (χ0v) is 13.7. The first-order valence-electron chi connectivity index (χ1n) is 8.43. The highest BCUT2D eigenvalue weighted by Gasteiger charge is 2.27. The third kappa shape index (κ3) is 4.36.